The maximum atomic E-state index is 11.5. The van der Waals surface area contributed by atoms with E-state index in [0.717, 1.165) is 45.3 Å². The number of carboxylic acid groups (broad SMARTS) is 1. The zero-order valence-corrected chi connectivity index (χ0v) is 12.4. The predicted octanol–water partition coefficient (Wildman–Crippen LogP) is 2.50. The third-order valence-corrected chi connectivity index (χ3v) is 4.28. The summed E-state index contributed by atoms with van der Waals surface area (Å²) in [6.07, 6.45) is 5.65. The van der Waals surface area contributed by atoms with Gasteiger partial charge in [0.2, 0.25) is 0 Å². The maximum Gasteiger partial charge on any atom is 0.309 e. The fourth-order valence-electron chi connectivity index (χ4n) is 3.12. The monoisotopic (exact) mass is 271 g/mol. The first-order valence-electron chi connectivity index (χ1n) is 7.71. The zero-order valence-electron chi connectivity index (χ0n) is 12.4. The first-order valence-corrected chi connectivity index (χ1v) is 7.71. The highest BCUT2D eigenvalue weighted by Gasteiger charge is 2.41. The lowest BCUT2D eigenvalue weighted by Crippen LogP contribution is -2.43. The molecule has 0 aliphatic carbocycles. The van der Waals surface area contributed by atoms with Crippen LogP contribution in [0.25, 0.3) is 0 Å². The van der Waals surface area contributed by atoms with Crippen molar-refractivity contribution in [2.45, 2.75) is 64.4 Å². The molecule has 0 saturated carbocycles. The summed E-state index contributed by atoms with van der Waals surface area (Å²) in [5, 5.41) is 20.2. The summed E-state index contributed by atoms with van der Waals surface area (Å²) < 4.78 is 0. The van der Waals surface area contributed by atoms with E-state index in [2.05, 4.69) is 18.7 Å². The van der Waals surface area contributed by atoms with E-state index in [1.807, 2.05) is 0 Å². The first kappa shape index (κ1) is 16.4. The Morgan fingerprint density at radius 2 is 2.00 bits per heavy atom. The zero-order chi connectivity index (χ0) is 14.3. The standard InChI is InChI=1S/C15H29NO3/c1-3-5-7-13(14(17)18)15(19)8-6-11-16(10-4-2)12-9-15/h13,19H,3-12H2,1-2H3,(H,17,18). The number of aliphatic hydroxyl groups is 1. The molecule has 0 amide bonds. The number of hydrogen-bond acceptors (Lipinski definition) is 3. The van der Waals surface area contributed by atoms with Crippen LogP contribution in [0.2, 0.25) is 0 Å². The largest absolute Gasteiger partial charge is 0.481 e. The molecule has 1 rings (SSSR count). The van der Waals surface area contributed by atoms with E-state index in [4.69, 9.17) is 0 Å². The Labute approximate surface area is 116 Å². The SMILES string of the molecule is CCCCC(C(=O)O)C1(O)CCCN(CCC)CC1. The normalized spacial score (nSPS) is 26.9. The van der Waals surface area contributed by atoms with Crippen LogP contribution in [-0.4, -0.2) is 46.3 Å². The number of carbonyl (C=O) groups is 1. The van der Waals surface area contributed by atoms with Crippen molar-refractivity contribution in [1.29, 1.82) is 0 Å². The molecule has 0 aromatic carbocycles. The highest BCUT2D eigenvalue weighted by atomic mass is 16.4. The minimum Gasteiger partial charge on any atom is -0.481 e. The van der Waals surface area contributed by atoms with Gasteiger partial charge in [0.15, 0.2) is 0 Å². The summed E-state index contributed by atoms with van der Waals surface area (Å²) >= 11 is 0. The van der Waals surface area contributed by atoms with Crippen LogP contribution in [0.5, 0.6) is 0 Å². The van der Waals surface area contributed by atoms with Crippen molar-refractivity contribution >= 4 is 5.97 Å². The van der Waals surface area contributed by atoms with Crippen LogP contribution in [0, 0.1) is 5.92 Å². The minimum atomic E-state index is -1.01. The van der Waals surface area contributed by atoms with E-state index in [1.165, 1.54) is 0 Å². The predicted molar refractivity (Wildman–Crippen MR) is 76.2 cm³/mol. The molecule has 112 valence electrons. The molecule has 0 bridgehead atoms. The van der Waals surface area contributed by atoms with Crippen LogP contribution in [0.4, 0.5) is 0 Å². The van der Waals surface area contributed by atoms with Crippen LogP contribution < -0.4 is 0 Å². The van der Waals surface area contributed by atoms with Crippen LogP contribution in [0.3, 0.4) is 0 Å². The molecule has 1 saturated heterocycles. The summed E-state index contributed by atoms with van der Waals surface area (Å²) in [6.45, 7) is 7.05. The quantitative estimate of drug-likeness (QED) is 0.747. The molecular formula is C15H29NO3. The molecule has 1 aliphatic heterocycles. The van der Waals surface area contributed by atoms with Gasteiger partial charge in [0.25, 0.3) is 0 Å². The molecule has 2 unspecified atom stereocenters. The van der Waals surface area contributed by atoms with E-state index < -0.39 is 17.5 Å². The van der Waals surface area contributed by atoms with Crippen molar-refractivity contribution in [2.75, 3.05) is 19.6 Å². The third-order valence-electron chi connectivity index (χ3n) is 4.28. The van der Waals surface area contributed by atoms with Crippen LogP contribution in [-0.2, 0) is 4.79 Å². The van der Waals surface area contributed by atoms with Gasteiger partial charge in [-0.2, -0.15) is 0 Å². The molecule has 4 nitrogen and oxygen atoms in total. The molecule has 1 aliphatic rings. The van der Waals surface area contributed by atoms with E-state index >= 15 is 0 Å². The molecular weight excluding hydrogens is 242 g/mol. The van der Waals surface area contributed by atoms with Crippen molar-refractivity contribution in [3.63, 3.8) is 0 Å². The first-order chi connectivity index (χ1) is 9.03. The lowest BCUT2D eigenvalue weighted by Gasteiger charge is -2.33. The molecule has 0 aromatic heterocycles. The van der Waals surface area contributed by atoms with E-state index in [-0.39, 0.29) is 0 Å². The van der Waals surface area contributed by atoms with Crippen molar-refractivity contribution in [3.05, 3.63) is 0 Å². The second-order valence-electron chi connectivity index (χ2n) is 5.83. The molecule has 0 spiro atoms. The van der Waals surface area contributed by atoms with Crippen molar-refractivity contribution in [2.24, 2.45) is 5.92 Å². The summed E-state index contributed by atoms with van der Waals surface area (Å²) in [5.41, 5.74) is -1.01. The summed E-state index contributed by atoms with van der Waals surface area (Å²) in [7, 11) is 0. The number of unbranched alkanes of at least 4 members (excludes halogenated alkanes) is 1. The second kappa shape index (κ2) is 7.85. The Kier molecular flexibility index (Phi) is 6.80. The van der Waals surface area contributed by atoms with Gasteiger partial charge in [0.1, 0.15) is 0 Å². The van der Waals surface area contributed by atoms with Crippen LogP contribution >= 0.6 is 0 Å². The van der Waals surface area contributed by atoms with Gasteiger partial charge < -0.3 is 15.1 Å². The van der Waals surface area contributed by atoms with E-state index in [0.29, 0.717) is 19.3 Å². The number of aliphatic carboxylic acids is 1. The van der Waals surface area contributed by atoms with Gasteiger partial charge in [0.05, 0.1) is 11.5 Å². The van der Waals surface area contributed by atoms with E-state index in [1.54, 1.807) is 0 Å². The average molecular weight is 271 g/mol. The van der Waals surface area contributed by atoms with Crippen molar-refractivity contribution < 1.29 is 15.0 Å². The summed E-state index contributed by atoms with van der Waals surface area (Å²) in [5.74, 6) is -1.44. The number of likely N-dealkylation sites (tertiary alicyclic amines) is 1. The summed E-state index contributed by atoms with van der Waals surface area (Å²) in [6, 6.07) is 0. The summed E-state index contributed by atoms with van der Waals surface area (Å²) in [4.78, 5) is 13.8. The second-order valence-corrected chi connectivity index (χ2v) is 5.83. The van der Waals surface area contributed by atoms with Gasteiger partial charge in [-0.1, -0.05) is 26.7 Å². The molecule has 1 fully saturated rings. The Morgan fingerprint density at radius 3 is 2.58 bits per heavy atom. The number of hydrogen-bond donors (Lipinski definition) is 2. The molecule has 2 N–H and O–H groups in total. The average Bonchev–Trinajstić information content (AvgIpc) is 2.53. The molecule has 0 aromatic rings. The fraction of sp³-hybridized carbons (Fsp3) is 0.933. The molecule has 4 heteroatoms. The Bertz CT molecular complexity index is 283. The van der Waals surface area contributed by atoms with Gasteiger partial charge >= 0.3 is 5.97 Å². The maximum absolute atomic E-state index is 11.5. The lowest BCUT2D eigenvalue weighted by molar-refractivity contribution is -0.153. The Morgan fingerprint density at radius 1 is 1.26 bits per heavy atom. The van der Waals surface area contributed by atoms with Crippen molar-refractivity contribution in [1.82, 2.24) is 4.90 Å². The van der Waals surface area contributed by atoms with E-state index in [9.17, 15) is 15.0 Å². The highest BCUT2D eigenvalue weighted by Crippen LogP contribution is 2.33. The number of rotatable bonds is 7. The molecule has 1 heterocycles. The fourth-order valence-corrected chi connectivity index (χ4v) is 3.12. The number of nitrogens with zero attached hydrogens (tertiary/aromatic N) is 1. The van der Waals surface area contributed by atoms with Crippen molar-refractivity contribution in [3.8, 4) is 0 Å². The van der Waals surface area contributed by atoms with Crippen LogP contribution in [0.1, 0.15) is 58.8 Å². The topological polar surface area (TPSA) is 60.8 Å². The van der Waals surface area contributed by atoms with Gasteiger partial charge in [-0.05, 0) is 45.2 Å². The smallest absolute Gasteiger partial charge is 0.309 e. The third kappa shape index (κ3) is 4.77. The van der Waals surface area contributed by atoms with Gasteiger partial charge in [-0.3, -0.25) is 4.79 Å². The highest BCUT2D eigenvalue weighted by molar-refractivity contribution is 5.71. The number of carboxylic acids is 1. The lowest BCUT2D eigenvalue weighted by atomic mass is 9.78. The molecule has 0 radical (unpaired) electrons. The minimum absolute atomic E-state index is 0.591. The van der Waals surface area contributed by atoms with Gasteiger partial charge in [-0.15, -0.1) is 0 Å². The van der Waals surface area contributed by atoms with Gasteiger partial charge in [-0.25, -0.2) is 0 Å². The molecule has 2 atom stereocenters. The Balaban J connectivity index is 2.68. The Hall–Kier alpha value is -0.610. The van der Waals surface area contributed by atoms with Gasteiger partial charge in [0, 0.05) is 6.54 Å². The van der Waals surface area contributed by atoms with Crippen LogP contribution in [0.15, 0.2) is 0 Å². The molecule has 19 heavy (non-hydrogen) atoms.